The highest BCUT2D eigenvalue weighted by molar-refractivity contribution is 9.10. The van der Waals surface area contributed by atoms with Gasteiger partial charge in [0.15, 0.2) is 0 Å². The van der Waals surface area contributed by atoms with Crippen LogP contribution in [0.2, 0.25) is 0 Å². The van der Waals surface area contributed by atoms with Gasteiger partial charge >= 0.3 is 0 Å². The molecule has 1 rings (SSSR count). The molecular formula is C14H22BrNO. The van der Waals surface area contributed by atoms with Crippen molar-refractivity contribution >= 4 is 15.9 Å². The summed E-state index contributed by atoms with van der Waals surface area (Å²) in [7, 11) is 1.75. The van der Waals surface area contributed by atoms with Gasteiger partial charge in [-0.25, -0.2) is 0 Å². The van der Waals surface area contributed by atoms with Crippen LogP contribution >= 0.6 is 15.9 Å². The molecule has 0 bridgehead atoms. The van der Waals surface area contributed by atoms with Gasteiger partial charge in [0, 0.05) is 30.3 Å². The van der Waals surface area contributed by atoms with Crippen molar-refractivity contribution in [2.24, 2.45) is 0 Å². The lowest BCUT2D eigenvalue weighted by Crippen LogP contribution is -2.36. The molecule has 0 saturated carbocycles. The van der Waals surface area contributed by atoms with E-state index in [0.29, 0.717) is 12.1 Å². The molecule has 1 aromatic rings. The van der Waals surface area contributed by atoms with Gasteiger partial charge in [0.1, 0.15) is 0 Å². The molecule has 2 atom stereocenters. The minimum absolute atomic E-state index is 0.489. The van der Waals surface area contributed by atoms with Gasteiger partial charge in [-0.05, 0) is 44.4 Å². The molecule has 3 heteroatoms. The first-order valence-corrected chi connectivity index (χ1v) is 6.90. The Bertz CT molecular complexity index is 313. The van der Waals surface area contributed by atoms with Crippen LogP contribution in [0.15, 0.2) is 28.7 Å². The fourth-order valence-electron chi connectivity index (χ4n) is 1.90. The minimum atomic E-state index is 0.489. The highest BCUT2D eigenvalue weighted by atomic mass is 79.9. The molecule has 0 aliphatic heterocycles. The van der Waals surface area contributed by atoms with Gasteiger partial charge < -0.3 is 10.1 Å². The van der Waals surface area contributed by atoms with Crippen molar-refractivity contribution in [3.63, 3.8) is 0 Å². The normalized spacial score (nSPS) is 14.6. The average Bonchev–Trinajstić information content (AvgIpc) is 2.29. The van der Waals surface area contributed by atoms with Gasteiger partial charge in [0.25, 0.3) is 0 Å². The van der Waals surface area contributed by atoms with Crippen molar-refractivity contribution in [3.8, 4) is 0 Å². The fourth-order valence-corrected chi connectivity index (χ4v) is 2.16. The molecule has 0 heterocycles. The zero-order valence-electron chi connectivity index (χ0n) is 10.9. The average molecular weight is 300 g/mol. The fraction of sp³-hybridized carbons (Fsp3) is 0.571. The maximum atomic E-state index is 5.08. The molecule has 0 fully saturated rings. The van der Waals surface area contributed by atoms with Crippen LogP contribution in [0.5, 0.6) is 0 Å². The first-order chi connectivity index (χ1) is 8.11. The summed E-state index contributed by atoms with van der Waals surface area (Å²) in [6.07, 6.45) is 2.12. The molecular weight excluding hydrogens is 278 g/mol. The molecule has 0 aromatic heterocycles. The SMILES string of the molecule is COCCC(C)NC(C)Cc1ccc(Br)cc1. The first kappa shape index (κ1) is 14.7. The third kappa shape index (κ3) is 6.20. The van der Waals surface area contributed by atoms with Crippen molar-refractivity contribution < 1.29 is 4.74 Å². The summed E-state index contributed by atoms with van der Waals surface area (Å²) < 4.78 is 6.21. The lowest BCUT2D eigenvalue weighted by Gasteiger charge is -2.19. The van der Waals surface area contributed by atoms with Gasteiger partial charge in [0.2, 0.25) is 0 Å². The van der Waals surface area contributed by atoms with Crippen LogP contribution in [-0.4, -0.2) is 25.8 Å². The number of hydrogen-bond acceptors (Lipinski definition) is 2. The summed E-state index contributed by atoms with van der Waals surface area (Å²) in [4.78, 5) is 0. The van der Waals surface area contributed by atoms with Crippen LogP contribution < -0.4 is 5.32 Å². The third-order valence-corrected chi connectivity index (χ3v) is 3.31. The van der Waals surface area contributed by atoms with Gasteiger partial charge in [-0.3, -0.25) is 0 Å². The Morgan fingerprint density at radius 2 is 1.82 bits per heavy atom. The van der Waals surface area contributed by atoms with Crippen molar-refractivity contribution in [2.45, 2.75) is 38.8 Å². The zero-order chi connectivity index (χ0) is 12.7. The van der Waals surface area contributed by atoms with Crippen molar-refractivity contribution in [3.05, 3.63) is 34.3 Å². The molecule has 0 aliphatic carbocycles. The number of methoxy groups -OCH3 is 1. The van der Waals surface area contributed by atoms with Gasteiger partial charge in [-0.2, -0.15) is 0 Å². The molecule has 17 heavy (non-hydrogen) atoms. The van der Waals surface area contributed by atoms with E-state index in [2.05, 4.69) is 59.4 Å². The lowest BCUT2D eigenvalue weighted by molar-refractivity contribution is 0.183. The zero-order valence-corrected chi connectivity index (χ0v) is 12.5. The number of halogens is 1. The summed E-state index contributed by atoms with van der Waals surface area (Å²) >= 11 is 3.45. The molecule has 1 aromatic carbocycles. The molecule has 0 saturated heterocycles. The molecule has 0 spiro atoms. The molecule has 2 unspecified atom stereocenters. The largest absolute Gasteiger partial charge is 0.385 e. The summed E-state index contributed by atoms with van der Waals surface area (Å²) in [5.74, 6) is 0. The van der Waals surface area contributed by atoms with E-state index in [4.69, 9.17) is 4.74 Å². The monoisotopic (exact) mass is 299 g/mol. The quantitative estimate of drug-likeness (QED) is 0.833. The predicted molar refractivity (Wildman–Crippen MR) is 76.4 cm³/mol. The van der Waals surface area contributed by atoms with E-state index in [1.165, 1.54) is 5.56 Å². The second kappa shape index (κ2) is 7.85. The first-order valence-electron chi connectivity index (χ1n) is 6.11. The van der Waals surface area contributed by atoms with Crippen molar-refractivity contribution in [1.82, 2.24) is 5.32 Å². The number of rotatable bonds is 7. The predicted octanol–water partition coefficient (Wildman–Crippen LogP) is 3.39. The Hall–Kier alpha value is -0.380. The van der Waals surface area contributed by atoms with Crippen LogP contribution in [0.25, 0.3) is 0 Å². The topological polar surface area (TPSA) is 21.3 Å². The Morgan fingerprint density at radius 3 is 2.41 bits per heavy atom. The summed E-state index contributed by atoms with van der Waals surface area (Å²) in [5, 5.41) is 3.59. The molecule has 1 N–H and O–H groups in total. The highest BCUT2D eigenvalue weighted by Crippen LogP contribution is 2.12. The van der Waals surface area contributed by atoms with E-state index >= 15 is 0 Å². The van der Waals surface area contributed by atoms with E-state index in [1.54, 1.807) is 7.11 Å². The summed E-state index contributed by atoms with van der Waals surface area (Å²) in [5.41, 5.74) is 1.37. The Kier molecular flexibility index (Phi) is 6.78. The Labute approximate surface area is 113 Å². The minimum Gasteiger partial charge on any atom is -0.385 e. The Balaban J connectivity index is 2.33. The van der Waals surface area contributed by atoms with Crippen molar-refractivity contribution in [2.75, 3.05) is 13.7 Å². The standard InChI is InChI=1S/C14H22BrNO/c1-11(8-9-17-3)16-12(2)10-13-4-6-14(15)7-5-13/h4-7,11-12,16H,8-10H2,1-3H3. The molecule has 0 radical (unpaired) electrons. The smallest absolute Gasteiger partial charge is 0.0476 e. The second-order valence-electron chi connectivity index (χ2n) is 4.58. The molecule has 2 nitrogen and oxygen atoms in total. The highest BCUT2D eigenvalue weighted by Gasteiger charge is 2.07. The van der Waals surface area contributed by atoms with Crippen LogP contribution in [-0.2, 0) is 11.2 Å². The van der Waals surface area contributed by atoms with E-state index in [9.17, 15) is 0 Å². The number of nitrogens with one attached hydrogen (secondary N) is 1. The van der Waals surface area contributed by atoms with E-state index in [0.717, 1.165) is 23.9 Å². The molecule has 0 aliphatic rings. The van der Waals surface area contributed by atoms with Crippen LogP contribution in [0.3, 0.4) is 0 Å². The van der Waals surface area contributed by atoms with Crippen LogP contribution in [0, 0.1) is 0 Å². The number of hydrogen-bond donors (Lipinski definition) is 1. The van der Waals surface area contributed by atoms with E-state index in [-0.39, 0.29) is 0 Å². The Morgan fingerprint density at radius 1 is 1.18 bits per heavy atom. The number of benzene rings is 1. The van der Waals surface area contributed by atoms with Crippen LogP contribution in [0.4, 0.5) is 0 Å². The van der Waals surface area contributed by atoms with Gasteiger partial charge in [0.05, 0.1) is 0 Å². The number of ether oxygens (including phenoxy) is 1. The van der Waals surface area contributed by atoms with Crippen LogP contribution in [0.1, 0.15) is 25.8 Å². The summed E-state index contributed by atoms with van der Waals surface area (Å²) in [6, 6.07) is 9.51. The summed E-state index contributed by atoms with van der Waals surface area (Å²) in [6.45, 7) is 5.25. The maximum absolute atomic E-state index is 5.08. The van der Waals surface area contributed by atoms with E-state index < -0.39 is 0 Å². The van der Waals surface area contributed by atoms with Crippen molar-refractivity contribution in [1.29, 1.82) is 0 Å². The maximum Gasteiger partial charge on any atom is 0.0476 e. The van der Waals surface area contributed by atoms with E-state index in [1.807, 2.05) is 0 Å². The van der Waals surface area contributed by atoms with Gasteiger partial charge in [-0.15, -0.1) is 0 Å². The van der Waals surface area contributed by atoms with Gasteiger partial charge in [-0.1, -0.05) is 28.1 Å². The second-order valence-corrected chi connectivity index (χ2v) is 5.50. The molecule has 0 amide bonds. The molecule has 96 valence electrons. The lowest BCUT2D eigenvalue weighted by atomic mass is 10.1. The third-order valence-electron chi connectivity index (χ3n) is 2.78.